The van der Waals surface area contributed by atoms with Crippen molar-refractivity contribution in [1.82, 2.24) is 19.7 Å². The Bertz CT molecular complexity index is 1280. The normalized spacial score (nSPS) is 28.4. The summed E-state index contributed by atoms with van der Waals surface area (Å²) in [5.74, 6) is 1.58. The lowest BCUT2D eigenvalue weighted by Gasteiger charge is -2.39. The molecule has 0 spiro atoms. The van der Waals surface area contributed by atoms with E-state index in [1.807, 2.05) is 0 Å². The number of para-hydroxylation sites is 1. The second-order valence-electron chi connectivity index (χ2n) is 12.3. The number of hydrogen-bond donors (Lipinski definition) is 1. The van der Waals surface area contributed by atoms with Gasteiger partial charge in [0.05, 0.1) is 0 Å². The smallest absolute Gasteiger partial charge is 0.0459 e. The molecule has 4 heteroatoms. The molecule has 0 radical (unpaired) electrons. The summed E-state index contributed by atoms with van der Waals surface area (Å²) in [6, 6.07) is 19.4. The van der Waals surface area contributed by atoms with Crippen molar-refractivity contribution in [2.24, 2.45) is 11.8 Å². The number of nitrogens with one attached hydrogen (secondary N) is 1. The number of allylic oxidation sites excluding steroid dienone is 3. The maximum absolute atomic E-state index is 3.53. The monoisotopic (exact) mass is 524 g/mol. The van der Waals surface area contributed by atoms with E-state index in [2.05, 4.69) is 134 Å². The van der Waals surface area contributed by atoms with E-state index in [9.17, 15) is 0 Å². The average Bonchev–Trinajstić information content (AvgIpc) is 3.30. The molecule has 1 N–H and O–H groups in total. The molecule has 2 aromatic carbocycles. The molecular weight excluding hydrogens is 476 g/mol. The lowest BCUT2D eigenvalue weighted by molar-refractivity contribution is 0.137. The molecule has 1 fully saturated rings. The predicted octanol–water partition coefficient (Wildman–Crippen LogP) is 6.85. The molecule has 208 valence electrons. The molecule has 0 saturated carbocycles. The number of aromatic amines is 1. The number of likely N-dealkylation sites (tertiary alicyclic amines) is 1. The van der Waals surface area contributed by atoms with E-state index in [-0.39, 0.29) is 0 Å². The maximum Gasteiger partial charge on any atom is 0.0459 e. The first-order valence-electron chi connectivity index (χ1n) is 14.9. The molecule has 1 saturated heterocycles. The number of H-pyrrole nitrogens is 1. The zero-order chi connectivity index (χ0) is 27.5. The fraction of sp³-hybridized carbons (Fsp3) is 0.486. The van der Waals surface area contributed by atoms with E-state index in [1.54, 1.807) is 0 Å². The Labute approximate surface area is 236 Å². The molecule has 3 aliphatic heterocycles. The summed E-state index contributed by atoms with van der Waals surface area (Å²) in [5, 5.41) is 1.41. The van der Waals surface area contributed by atoms with Crippen molar-refractivity contribution in [2.45, 2.75) is 64.7 Å². The number of fused-ring (bicyclic) bond motifs is 5. The summed E-state index contributed by atoms with van der Waals surface area (Å²) in [7, 11) is 6.62. The topological polar surface area (TPSA) is 25.5 Å². The number of benzene rings is 2. The van der Waals surface area contributed by atoms with Gasteiger partial charge in [-0.2, -0.15) is 0 Å². The van der Waals surface area contributed by atoms with Gasteiger partial charge in [-0.25, -0.2) is 0 Å². The van der Waals surface area contributed by atoms with Crippen molar-refractivity contribution in [3.63, 3.8) is 0 Å². The summed E-state index contributed by atoms with van der Waals surface area (Å²) >= 11 is 0. The van der Waals surface area contributed by atoms with Crippen LogP contribution in [0.1, 0.15) is 55.6 Å². The van der Waals surface area contributed by atoms with Crippen molar-refractivity contribution in [3.8, 4) is 0 Å². The average molecular weight is 525 g/mol. The maximum atomic E-state index is 3.53. The highest BCUT2D eigenvalue weighted by atomic mass is 15.1. The SMILES string of the molecule is CC1CC2C=CC=CC2CN1C.CC1Cc2c([nH]c3ccccc23)CN1C.CC1c2ccccc2CCN1C. The summed E-state index contributed by atoms with van der Waals surface area (Å²) in [5.41, 5.74) is 7.24. The minimum absolute atomic E-state index is 0.593. The van der Waals surface area contributed by atoms with Crippen molar-refractivity contribution in [3.05, 3.63) is 95.2 Å². The summed E-state index contributed by atoms with van der Waals surface area (Å²) in [6.45, 7) is 10.4. The third kappa shape index (κ3) is 6.24. The van der Waals surface area contributed by atoms with Crippen LogP contribution in [0.15, 0.2) is 72.8 Å². The first-order valence-corrected chi connectivity index (χ1v) is 14.9. The quantitative estimate of drug-likeness (QED) is 0.348. The lowest BCUT2D eigenvalue weighted by atomic mass is 9.80. The minimum Gasteiger partial charge on any atom is -0.357 e. The van der Waals surface area contributed by atoms with Crippen LogP contribution in [0.2, 0.25) is 0 Å². The second-order valence-corrected chi connectivity index (χ2v) is 12.3. The van der Waals surface area contributed by atoms with Gasteiger partial charge in [-0.15, -0.1) is 0 Å². The Morgan fingerprint density at radius 1 is 0.769 bits per heavy atom. The molecule has 5 atom stereocenters. The zero-order valence-corrected chi connectivity index (χ0v) is 24.9. The van der Waals surface area contributed by atoms with Crippen molar-refractivity contribution >= 4 is 10.9 Å². The fourth-order valence-corrected chi connectivity index (χ4v) is 6.61. The van der Waals surface area contributed by atoms with Gasteiger partial charge >= 0.3 is 0 Å². The highest BCUT2D eigenvalue weighted by molar-refractivity contribution is 5.84. The van der Waals surface area contributed by atoms with E-state index in [0.29, 0.717) is 12.1 Å². The van der Waals surface area contributed by atoms with Gasteiger partial charge in [0.1, 0.15) is 0 Å². The molecule has 1 aliphatic carbocycles. The third-order valence-electron chi connectivity index (χ3n) is 9.70. The highest BCUT2D eigenvalue weighted by Gasteiger charge is 2.29. The van der Waals surface area contributed by atoms with E-state index >= 15 is 0 Å². The van der Waals surface area contributed by atoms with Gasteiger partial charge in [-0.05, 0) is 95.8 Å². The predicted molar refractivity (Wildman–Crippen MR) is 166 cm³/mol. The third-order valence-corrected chi connectivity index (χ3v) is 9.70. The van der Waals surface area contributed by atoms with Crippen LogP contribution >= 0.6 is 0 Å². The number of piperidine rings is 1. The Morgan fingerprint density at radius 3 is 2.31 bits per heavy atom. The Kier molecular flexibility index (Phi) is 8.76. The number of aromatic nitrogens is 1. The highest BCUT2D eigenvalue weighted by Crippen LogP contribution is 2.31. The van der Waals surface area contributed by atoms with E-state index < -0.39 is 0 Å². The number of nitrogens with zero attached hydrogens (tertiary/aromatic N) is 3. The van der Waals surface area contributed by atoms with Crippen LogP contribution in [0.4, 0.5) is 0 Å². The van der Waals surface area contributed by atoms with Crippen LogP contribution in [0.25, 0.3) is 10.9 Å². The van der Waals surface area contributed by atoms with Gasteiger partial charge in [-0.1, -0.05) is 66.8 Å². The molecule has 1 aromatic heterocycles. The van der Waals surface area contributed by atoms with Gasteiger partial charge in [-0.3, -0.25) is 9.80 Å². The van der Waals surface area contributed by atoms with Crippen LogP contribution in [0, 0.1) is 11.8 Å². The Morgan fingerprint density at radius 2 is 1.49 bits per heavy atom. The molecule has 0 amide bonds. The zero-order valence-electron chi connectivity index (χ0n) is 24.9. The number of hydrogen-bond acceptors (Lipinski definition) is 3. The first-order chi connectivity index (χ1) is 18.8. The summed E-state index contributed by atoms with van der Waals surface area (Å²) in [6.07, 6.45) is 12.8. The van der Waals surface area contributed by atoms with Crippen molar-refractivity contribution < 1.29 is 0 Å². The van der Waals surface area contributed by atoms with E-state index in [1.165, 1.54) is 59.2 Å². The van der Waals surface area contributed by atoms with E-state index in [4.69, 9.17) is 0 Å². The molecular formula is C35H48N4. The molecule has 4 aliphatic rings. The van der Waals surface area contributed by atoms with Crippen LogP contribution in [-0.4, -0.2) is 66.0 Å². The second kappa shape index (κ2) is 12.2. The van der Waals surface area contributed by atoms with Gasteiger partial charge in [0, 0.05) is 54.4 Å². The Balaban J connectivity index is 0.000000120. The number of rotatable bonds is 0. The van der Waals surface area contributed by atoms with Gasteiger partial charge < -0.3 is 9.88 Å². The van der Waals surface area contributed by atoms with Crippen LogP contribution in [0.3, 0.4) is 0 Å². The lowest BCUT2D eigenvalue weighted by Crippen LogP contribution is -2.42. The standard InChI is InChI=1S/C13H16N2.C11H17N.C11H15N/c1-9-7-11-10-5-3-4-6-12(10)14-13(11)8-15(9)2;1-9-7-10-5-3-4-6-11(10)8-12(9)2;1-9-11-6-4-3-5-10(11)7-8-12(9)2/h3-6,9,14H,7-8H2,1-2H3;3-6,9-11H,7-8H2,1-2H3;3-6,9H,7-8H2,1-2H3. The molecule has 7 rings (SSSR count). The van der Waals surface area contributed by atoms with Crippen LogP contribution in [0.5, 0.6) is 0 Å². The number of likely N-dealkylation sites (N-methyl/N-ethyl adjacent to an activating group) is 2. The molecule has 0 bridgehead atoms. The van der Waals surface area contributed by atoms with Crippen molar-refractivity contribution in [2.75, 3.05) is 34.2 Å². The fourth-order valence-electron chi connectivity index (χ4n) is 6.61. The molecule has 4 heterocycles. The first kappa shape index (κ1) is 27.9. The molecule has 39 heavy (non-hydrogen) atoms. The summed E-state index contributed by atoms with van der Waals surface area (Å²) in [4.78, 5) is 10.8. The summed E-state index contributed by atoms with van der Waals surface area (Å²) < 4.78 is 0. The van der Waals surface area contributed by atoms with E-state index in [0.717, 1.165) is 30.8 Å². The van der Waals surface area contributed by atoms with Gasteiger partial charge in [0.15, 0.2) is 0 Å². The van der Waals surface area contributed by atoms with Crippen molar-refractivity contribution in [1.29, 1.82) is 0 Å². The van der Waals surface area contributed by atoms with Crippen LogP contribution in [-0.2, 0) is 19.4 Å². The largest absolute Gasteiger partial charge is 0.357 e. The molecule has 4 nitrogen and oxygen atoms in total. The minimum atomic E-state index is 0.593. The molecule has 3 aromatic rings. The Hall–Kier alpha value is -2.66. The van der Waals surface area contributed by atoms with Gasteiger partial charge in [0.2, 0.25) is 0 Å². The van der Waals surface area contributed by atoms with Gasteiger partial charge in [0.25, 0.3) is 0 Å². The molecule has 5 unspecified atom stereocenters. The van der Waals surface area contributed by atoms with Crippen LogP contribution < -0.4 is 0 Å².